The van der Waals surface area contributed by atoms with E-state index in [-0.39, 0.29) is 0 Å². The summed E-state index contributed by atoms with van der Waals surface area (Å²) in [5.74, 6) is -0.499. The summed E-state index contributed by atoms with van der Waals surface area (Å²) < 4.78 is 0.578. The minimum Gasteiger partial charge on any atom is -0.366 e. The van der Waals surface area contributed by atoms with Gasteiger partial charge in [0, 0.05) is 10.7 Å². The fraction of sp³-hybridized carbons (Fsp3) is 0. The molecule has 2 aromatic heterocycles. The molecule has 0 bridgehead atoms. The molecule has 0 saturated carbocycles. The summed E-state index contributed by atoms with van der Waals surface area (Å²) in [6.07, 6.45) is 3.04. The molecule has 2 aromatic rings. The lowest BCUT2D eigenvalue weighted by atomic mass is 10.2. The van der Waals surface area contributed by atoms with Crippen molar-refractivity contribution in [3.05, 3.63) is 22.4 Å². The molecule has 0 aromatic carbocycles. The van der Waals surface area contributed by atoms with Gasteiger partial charge >= 0.3 is 0 Å². The van der Waals surface area contributed by atoms with Crippen LogP contribution in [0.3, 0.4) is 0 Å². The van der Waals surface area contributed by atoms with Gasteiger partial charge in [-0.25, -0.2) is 4.98 Å². The van der Waals surface area contributed by atoms with Crippen LogP contribution < -0.4 is 5.73 Å². The van der Waals surface area contributed by atoms with Crippen molar-refractivity contribution in [3.8, 4) is 0 Å². The number of hydrogen-bond acceptors (Lipinski definition) is 3. The third-order valence-corrected chi connectivity index (χ3v) is 2.28. The molecule has 6 heteroatoms. The van der Waals surface area contributed by atoms with Gasteiger partial charge in [-0.3, -0.25) is 9.89 Å². The Kier molecular flexibility index (Phi) is 1.77. The van der Waals surface area contributed by atoms with E-state index in [0.29, 0.717) is 21.1 Å². The lowest BCUT2D eigenvalue weighted by Crippen LogP contribution is -2.12. The molecule has 0 unspecified atom stereocenters. The highest BCUT2D eigenvalue weighted by Gasteiger charge is 2.12. The molecular weight excluding hydrogens is 236 g/mol. The Balaban J connectivity index is 2.88. The lowest BCUT2D eigenvalue weighted by Gasteiger charge is -1.99. The predicted molar refractivity (Wildman–Crippen MR) is 50.1 cm³/mol. The molecule has 1 amide bonds. The quantitative estimate of drug-likeness (QED) is 0.774. The molecule has 0 saturated heterocycles. The van der Waals surface area contributed by atoms with Gasteiger partial charge in [0.05, 0.1) is 17.1 Å². The number of carbonyl (C=O) groups excluding carboxylic acids is 1. The number of rotatable bonds is 1. The molecule has 0 radical (unpaired) electrons. The zero-order valence-electron chi connectivity index (χ0n) is 6.41. The van der Waals surface area contributed by atoms with Crippen LogP contribution >= 0.6 is 15.9 Å². The van der Waals surface area contributed by atoms with Gasteiger partial charge in [0.25, 0.3) is 5.91 Å². The Hall–Kier alpha value is -1.43. The summed E-state index contributed by atoms with van der Waals surface area (Å²) in [6, 6.07) is 0. The number of aromatic nitrogens is 3. The monoisotopic (exact) mass is 240 g/mol. The fourth-order valence-electron chi connectivity index (χ4n) is 1.13. The molecule has 2 heterocycles. The van der Waals surface area contributed by atoms with Gasteiger partial charge < -0.3 is 5.73 Å². The fourth-order valence-corrected chi connectivity index (χ4v) is 1.64. The smallest absolute Gasteiger partial charge is 0.250 e. The minimum atomic E-state index is -0.499. The second-order valence-electron chi connectivity index (χ2n) is 2.48. The van der Waals surface area contributed by atoms with Gasteiger partial charge in [0.15, 0.2) is 5.65 Å². The molecule has 5 nitrogen and oxygen atoms in total. The highest BCUT2D eigenvalue weighted by Crippen LogP contribution is 2.22. The van der Waals surface area contributed by atoms with Crippen molar-refractivity contribution in [2.24, 2.45) is 5.73 Å². The number of nitrogens with two attached hydrogens (primary N) is 1. The summed E-state index contributed by atoms with van der Waals surface area (Å²) in [5.41, 5.74) is 6.16. The number of H-pyrrole nitrogens is 1. The first-order chi connectivity index (χ1) is 6.20. The Labute approximate surface area is 81.5 Å². The van der Waals surface area contributed by atoms with Crippen LogP contribution in [0.25, 0.3) is 11.0 Å². The molecule has 0 fully saturated rings. The van der Waals surface area contributed by atoms with E-state index in [0.717, 1.165) is 0 Å². The Bertz CT molecular complexity index is 478. The molecule has 66 valence electrons. The number of carbonyl (C=O) groups is 1. The van der Waals surface area contributed by atoms with E-state index in [2.05, 4.69) is 31.1 Å². The number of amides is 1. The van der Waals surface area contributed by atoms with Crippen LogP contribution in [0.2, 0.25) is 0 Å². The van der Waals surface area contributed by atoms with Crippen molar-refractivity contribution in [3.63, 3.8) is 0 Å². The number of nitrogens with one attached hydrogen (secondary N) is 1. The van der Waals surface area contributed by atoms with Crippen molar-refractivity contribution < 1.29 is 4.79 Å². The lowest BCUT2D eigenvalue weighted by molar-refractivity contribution is 0.100. The Morgan fingerprint density at radius 3 is 3.00 bits per heavy atom. The van der Waals surface area contributed by atoms with Gasteiger partial charge in [-0.15, -0.1) is 0 Å². The van der Waals surface area contributed by atoms with Crippen molar-refractivity contribution >= 4 is 32.9 Å². The number of nitrogens with zero attached hydrogens (tertiary/aromatic N) is 2. The number of halogens is 1. The third kappa shape index (κ3) is 1.19. The molecular formula is C7H5BrN4O. The number of primary amides is 1. The minimum absolute atomic E-state index is 0.402. The summed E-state index contributed by atoms with van der Waals surface area (Å²) in [7, 11) is 0. The third-order valence-electron chi connectivity index (χ3n) is 1.68. The van der Waals surface area contributed by atoms with Gasteiger partial charge in [0.1, 0.15) is 0 Å². The number of aromatic amines is 1. The predicted octanol–water partition coefficient (Wildman–Crippen LogP) is 0.819. The van der Waals surface area contributed by atoms with Crippen molar-refractivity contribution in [1.82, 2.24) is 15.2 Å². The molecule has 0 aliphatic carbocycles. The highest BCUT2D eigenvalue weighted by molar-refractivity contribution is 9.10. The molecule has 3 N–H and O–H groups in total. The average Bonchev–Trinajstić information content (AvgIpc) is 2.50. The van der Waals surface area contributed by atoms with Crippen molar-refractivity contribution in [2.45, 2.75) is 0 Å². The molecule has 0 spiro atoms. The van der Waals surface area contributed by atoms with Crippen LogP contribution in [0.1, 0.15) is 10.4 Å². The molecule has 0 aliphatic heterocycles. The first-order valence-electron chi connectivity index (χ1n) is 3.47. The van der Waals surface area contributed by atoms with E-state index in [9.17, 15) is 4.79 Å². The number of fused-ring (bicyclic) bond motifs is 1. The number of pyridine rings is 1. The van der Waals surface area contributed by atoms with Crippen molar-refractivity contribution in [2.75, 3.05) is 0 Å². The van der Waals surface area contributed by atoms with E-state index in [1.807, 2.05) is 0 Å². The number of hydrogen-bond donors (Lipinski definition) is 2. The maximum atomic E-state index is 11.1. The molecule has 0 aliphatic rings. The Morgan fingerprint density at radius 1 is 1.54 bits per heavy atom. The van der Waals surface area contributed by atoms with Gasteiger partial charge in [-0.05, 0) is 15.9 Å². The van der Waals surface area contributed by atoms with E-state index in [4.69, 9.17) is 5.73 Å². The second kappa shape index (κ2) is 2.81. The maximum absolute atomic E-state index is 11.1. The van der Waals surface area contributed by atoms with E-state index in [1.165, 1.54) is 12.4 Å². The molecule has 13 heavy (non-hydrogen) atoms. The van der Waals surface area contributed by atoms with Crippen LogP contribution in [-0.4, -0.2) is 21.1 Å². The Morgan fingerprint density at radius 2 is 2.31 bits per heavy atom. The first kappa shape index (κ1) is 8.18. The van der Waals surface area contributed by atoms with Crippen LogP contribution in [0.5, 0.6) is 0 Å². The van der Waals surface area contributed by atoms with E-state index in [1.54, 1.807) is 0 Å². The zero-order valence-corrected chi connectivity index (χ0v) is 8.00. The van der Waals surface area contributed by atoms with Gasteiger partial charge in [-0.1, -0.05) is 0 Å². The van der Waals surface area contributed by atoms with Crippen molar-refractivity contribution in [1.29, 1.82) is 0 Å². The standard InChI is InChI=1S/C7H5BrN4O/c8-4-2-10-7-3(1-11-12-7)5(4)6(9)13/h1-2H,(H2,9,13)(H,10,11,12). The zero-order chi connectivity index (χ0) is 9.42. The van der Waals surface area contributed by atoms with E-state index >= 15 is 0 Å². The second-order valence-corrected chi connectivity index (χ2v) is 3.33. The summed E-state index contributed by atoms with van der Waals surface area (Å²) in [5, 5.41) is 7.05. The van der Waals surface area contributed by atoms with E-state index < -0.39 is 5.91 Å². The molecule has 0 atom stereocenters. The normalized spacial score (nSPS) is 10.5. The van der Waals surface area contributed by atoms with Crippen LogP contribution in [-0.2, 0) is 0 Å². The highest BCUT2D eigenvalue weighted by atomic mass is 79.9. The molecule has 2 rings (SSSR count). The van der Waals surface area contributed by atoms with Crippen LogP contribution in [0.4, 0.5) is 0 Å². The summed E-state index contributed by atoms with van der Waals surface area (Å²) in [4.78, 5) is 15.1. The van der Waals surface area contributed by atoms with Crippen LogP contribution in [0.15, 0.2) is 16.9 Å². The SMILES string of the molecule is NC(=O)c1c(Br)cnc2[nH]ncc12. The summed E-state index contributed by atoms with van der Waals surface area (Å²) >= 11 is 3.20. The maximum Gasteiger partial charge on any atom is 0.250 e. The van der Waals surface area contributed by atoms with Crippen LogP contribution in [0, 0.1) is 0 Å². The topological polar surface area (TPSA) is 84.7 Å². The largest absolute Gasteiger partial charge is 0.366 e. The first-order valence-corrected chi connectivity index (χ1v) is 4.27. The van der Waals surface area contributed by atoms with Gasteiger partial charge in [0.2, 0.25) is 0 Å². The van der Waals surface area contributed by atoms with Gasteiger partial charge in [-0.2, -0.15) is 5.10 Å². The average molecular weight is 241 g/mol. The summed E-state index contributed by atoms with van der Waals surface area (Å²) in [6.45, 7) is 0.